The van der Waals surface area contributed by atoms with E-state index in [4.69, 9.17) is 4.74 Å². The van der Waals surface area contributed by atoms with Gasteiger partial charge in [0.25, 0.3) is 5.91 Å². The van der Waals surface area contributed by atoms with E-state index in [1.54, 1.807) is 6.08 Å². The van der Waals surface area contributed by atoms with Crippen molar-refractivity contribution in [2.75, 3.05) is 6.54 Å². The van der Waals surface area contributed by atoms with Crippen LogP contribution in [0.1, 0.15) is 28.4 Å². The number of carbonyl (C=O) groups excluding carboxylic acids is 1. The monoisotopic (exact) mass is 457 g/mol. The molecule has 0 fully saturated rings. The van der Waals surface area contributed by atoms with Crippen molar-refractivity contribution in [1.82, 2.24) is 5.32 Å². The predicted molar refractivity (Wildman–Crippen MR) is 133 cm³/mol. The molecule has 6 heteroatoms. The highest BCUT2D eigenvalue weighted by Gasteiger charge is 2.17. The summed E-state index contributed by atoms with van der Waals surface area (Å²) >= 11 is 0. The molecule has 34 heavy (non-hydrogen) atoms. The van der Waals surface area contributed by atoms with E-state index >= 15 is 0 Å². The molecule has 0 saturated heterocycles. The fourth-order valence-electron chi connectivity index (χ4n) is 3.37. The number of hydrogen-bond acceptors (Lipinski definition) is 5. The molecule has 0 atom stereocenters. The van der Waals surface area contributed by atoms with Crippen molar-refractivity contribution in [2.45, 2.75) is 13.3 Å². The van der Waals surface area contributed by atoms with Gasteiger partial charge in [-0.05, 0) is 54.3 Å². The molecular formula is C28H27NO5. The van der Waals surface area contributed by atoms with Crippen LogP contribution in [-0.2, 0) is 6.42 Å². The number of rotatable bonds is 9. The number of allylic oxidation sites excluding steroid dienone is 5. The molecule has 6 nitrogen and oxygen atoms in total. The number of aromatic hydroxyl groups is 3. The lowest BCUT2D eigenvalue weighted by Crippen LogP contribution is -2.25. The molecule has 0 unspecified atom stereocenters. The summed E-state index contributed by atoms with van der Waals surface area (Å²) in [7, 11) is 0. The topological polar surface area (TPSA) is 99.0 Å². The molecule has 0 aromatic heterocycles. The van der Waals surface area contributed by atoms with Crippen LogP contribution in [0, 0.1) is 0 Å². The van der Waals surface area contributed by atoms with Crippen molar-refractivity contribution in [1.29, 1.82) is 0 Å². The number of nitrogens with one attached hydrogen (secondary N) is 1. The summed E-state index contributed by atoms with van der Waals surface area (Å²) in [5.41, 5.74) is 2.84. The van der Waals surface area contributed by atoms with Gasteiger partial charge >= 0.3 is 0 Å². The highest BCUT2D eigenvalue weighted by Crippen LogP contribution is 2.31. The highest BCUT2D eigenvalue weighted by molar-refractivity contribution is 5.99. The summed E-state index contributed by atoms with van der Waals surface area (Å²) in [5, 5.41) is 31.6. The molecule has 0 heterocycles. The van der Waals surface area contributed by atoms with Gasteiger partial charge in [-0.3, -0.25) is 4.79 Å². The molecule has 3 aromatic rings. The third-order valence-corrected chi connectivity index (χ3v) is 5.00. The van der Waals surface area contributed by atoms with E-state index in [1.807, 2.05) is 73.7 Å². The van der Waals surface area contributed by atoms with Crippen LogP contribution in [0.25, 0.3) is 5.57 Å². The maximum Gasteiger partial charge on any atom is 0.258 e. The Morgan fingerprint density at radius 2 is 1.56 bits per heavy atom. The summed E-state index contributed by atoms with van der Waals surface area (Å²) in [6, 6.07) is 17.3. The second-order valence-electron chi connectivity index (χ2n) is 7.49. The Labute approximate surface area is 198 Å². The number of phenols is 3. The molecule has 0 saturated carbocycles. The second-order valence-corrected chi connectivity index (χ2v) is 7.49. The van der Waals surface area contributed by atoms with Crippen molar-refractivity contribution in [3.05, 3.63) is 108 Å². The second kappa shape index (κ2) is 11.4. The molecule has 174 valence electrons. The zero-order valence-electron chi connectivity index (χ0n) is 18.9. The molecule has 0 aliphatic carbocycles. The quantitative estimate of drug-likeness (QED) is 0.308. The maximum atomic E-state index is 12.2. The Hall–Kier alpha value is -4.45. The Bertz CT molecular complexity index is 1190. The van der Waals surface area contributed by atoms with Gasteiger partial charge in [0, 0.05) is 18.7 Å². The van der Waals surface area contributed by atoms with Crippen LogP contribution in [-0.4, -0.2) is 27.8 Å². The molecule has 3 rings (SSSR count). The van der Waals surface area contributed by atoms with E-state index in [0.717, 1.165) is 34.6 Å². The summed E-state index contributed by atoms with van der Waals surface area (Å²) < 4.78 is 5.92. The fraction of sp³-hybridized carbons (Fsp3) is 0.107. The van der Waals surface area contributed by atoms with Crippen LogP contribution in [0.4, 0.5) is 0 Å². The third-order valence-electron chi connectivity index (χ3n) is 5.00. The Kier molecular flexibility index (Phi) is 8.13. The van der Waals surface area contributed by atoms with Gasteiger partial charge < -0.3 is 25.4 Å². The smallest absolute Gasteiger partial charge is 0.258 e. The van der Waals surface area contributed by atoms with Crippen LogP contribution in [0.3, 0.4) is 0 Å². The Morgan fingerprint density at radius 3 is 2.12 bits per heavy atom. The van der Waals surface area contributed by atoms with E-state index in [2.05, 4.69) is 11.9 Å². The van der Waals surface area contributed by atoms with Gasteiger partial charge in [-0.1, -0.05) is 55.1 Å². The minimum absolute atomic E-state index is 0.273. The van der Waals surface area contributed by atoms with Gasteiger partial charge in [0.15, 0.2) is 0 Å². The zero-order chi connectivity index (χ0) is 24.5. The first-order valence-electron chi connectivity index (χ1n) is 10.8. The van der Waals surface area contributed by atoms with Gasteiger partial charge in [0.1, 0.15) is 34.3 Å². The lowest BCUT2D eigenvalue weighted by molar-refractivity contribution is 0.0948. The lowest BCUT2D eigenvalue weighted by atomic mass is 10.0. The van der Waals surface area contributed by atoms with Crippen molar-refractivity contribution in [3.8, 4) is 28.7 Å². The van der Waals surface area contributed by atoms with Crippen LogP contribution >= 0.6 is 0 Å². The molecule has 0 aliphatic rings. The fourth-order valence-corrected chi connectivity index (χ4v) is 3.37. The van der Waals surface area contributed by atoms with Crippen LogP contribution in [0.15, 0.2) is 91.5 Å². The van der Waals surface area contributed by atoms with Gasteiger partial charge in [0.05, 0.1) is 0 Å². The van der Waals surface area contributed by atoms with Crippen molar-refractivity contribution in [2.24, 2.45) is 0 Å². The minimum Gasteiger partial charge on any atom is -0.508 e. The van der Waals surface area contributed by atoms with Crippen molar-refractivity contribution < 1.29 is 24.9 Å². The number of hydrogen-bond donors (Lipinski definition) is 4. The summed E-state index contributed by atoms with van der Waals surface area (Å²) in [5.74, 6) is -0.518. The predicted octanol–water partition coefficient (Wildman–Crippen LogP) is 5.71. The van der Waals surface area contributed by atoms with E-state index in [1.165, 1.54) is 0 Å². The first-order valence-corrected chi connectivity index (χ1v) is 10.8. The molecule has 0 spiro atoms. The summed E-state index contributed by atoms with van der Waals surface area (Å²) in [6.07, 6.45) is 8.26. The van der Waals surface area contributed by atoms with Gasteiger partial charge in [-0.2, -0.15) is 0 Å². The Morgan fingerprint density at radius 1 is 0.971 bits per heavy atom. The molecule has 3 aromatic carbocycles. The molecule has 1 amide bonds. The number of carbonyl (C=O) groups is 1. The minimum atomic E-state index is -0.626. The van der Waals surface area contributed by atoms with Gasteiger partial charge in [0.2, 0.25) is 0 Å². The number of phenolic OH excluding ortho intramolecular Hbond substituents is 3. The normalized spacial score (nSPS) is 11.4. The molecular weight excluding hydrogens is 430 g/mol. The van der Waals surface area contributed by atoms with Crippen LogP contribution < -0.4 is 10.1 Å². The Balaban J connectivity index is 1.55. The van der Waals surface area contributed by atoms with E-state index < -0.39 is 17.4 Å². The molecule has 0 aliphatic heterocycles. The lowest BCUT2D eigenvalue weighted by Gasteiger charge is -2.10. The zero-order valence-corrected chi connectivity index (χ0v) is 18.9. The molecule has 0 radical (unpaired) electrons. The number of ether oxygens (including phenoxy) is 1. The first-order chi connectivity index (χ1) is 16.4. The maximum absolute atomic E-state index is 12.2. The summed E-state index contributed by atoms with van der Waals surface area (Å²) in [4.78, 5) is 12.2. The van der Waals surface area contributed by atoms with Gasteiger partial charge in [-0.25, -0.2) is 0 Å². The standard InChI is InChI=1S/C28H27NO5/c1-3-5-20(6-4-2)21-9-13-24(14-10-21)34-23-11-7-19(8-12-23)15-16-29-28(33)27-25(31)17-22(30)18-26(27)32/h3-14,17-18,30-32H,1,15-16H2,2H3,(H,29,33)/b6-4-,20-5+. The van der Waals surface area contributed by atoms with E-state index in [9.17, 15) is 20.1 Å². The summed E-state index contributed by atoms with van der Waals surface area (Å²) in [6.45, 7) is 6.02. The van der Waals surface area contributed by atoms with E-state index in [0.29, 0.717) is 18.7 Å². The average molecular weight is 458 g/mol. The number of benzene rings is 3. The first kappa shape index (κ1) is 24.2. The highest BCUT2D eigenvalue weighted by atomic mass is 16.5. The molecule has 4 N–H and O–H groups in total. The van der Waals surface area contributed by atoms with Crippen LogP contribution in [0.2, 0.25) is 0 Å². The largest absolute Gasteiger partial charge is 0.508 e. The van der Waals surface area contributed by atoms with E-state index in [-0.39, 0.29) is 11.3 Å². The third kappa shape index (κ3) is 6.29. The number of amides is 1. The SMILES string of the molecule is C=C/C=C(\C=C/C)c1ccc(Oc2ccc(CCNC(=O)c3c(O)cc(O)cc3O)cc2)cc1. The van der Waals surface area contributed by atoms with Gasteiger partial charge in [-0.15, -0.1) is 0 Å². The van der Waals surface area contributed by atoms with Crippen molar-refractivity contribution >= 4 is 11.5 Å². The average Bonchev–Trinajstić information content (AvgIpc) is 2.80. The molecule has 0 bridgehead atoms. The van der Waals surface area contributed by atoms with Crippen molar-refractivity contribution in [3.63, 3.8) is 0 Å². The van der Waals surface area contributed by atoms with Crippen LogP contribution in [0.5, 0.6) is 28.7 Å².